The molecule has 0 spiro atoms. The van der Waals surface area contributed by atoms with Gasteiger partial charge in [-0.05, 0) is 32.2 Å². The summed E-state index contributed by atoms with van der Waals surface area (Å²) in [5.41, 5.74) is 0. The highest BCUT2D eigenvalue weighted by Crippen LogP contribution is 2.35. The van der Waals surface area contributed by atoms with Crippen LogP contribution in [0.4, 0.5) is 0 Å². The standard InChI is InChI=1S/C15H25N3O3/c1-3-17-6-7-21-12(8-17)9-18-10(2)14(19)16-13(15(18)20)11-4-5-11/h10-13H,3-9H2,1-2H3,(H,16,19). The summed E-state index contributed by atoms with van der Waals surface area (Å²) in [6, 6.07) is -0.701. The van der Waals surface area contributed by atoms with E-state index in [1.165, 1.54) is 0 Å². The molecule has 6 heteroatoms. The highest BCUT2D eigenvalue weighted by atomic mass is 16.5. The van der Waals surface area contributed by atoms with Crippen LogP contribution in [0.2, 0.25) is 0 Å². The summed E-state index contributed by atoms with van der Waals surface area (Å²) in [6.45, 7) is 7.93. The Balaban J connectivity index is 1.66. The first-order valence-corrected chi connectivity index (χ1v) is 8.05. The van der Waals surface area contributed by atoms with Crippen LogP contribution < -0.4 is 5.32 Å². The summed E-state index contributed by atoms with van der Waals surface area (Å²) in [7, 11) is 0. The van der Waals surface area contributed by atoms with Crippen LogP contribution in [0.25, 0.3) is 0 Å². The quantitative estimate of drug-likeness (QED) is 0.782. The van der Waals surface area contributed by atoms with Crippen LogP contribution >= 0.6 is 0 Å². The lowest BCUT2D eigenvalue weighted by Gasteiger charge is -2.41. The number of amides is 2. The number of carbonyl (C=O) groups is 2. The Kier molecular flexibility index (Phi) is 4.17. The molecule has 1 N–H and O–H groups in total. The fourth-order valence-corrected chi connectivity index (χ4v) is 3.24. The molecule has 0 radical (unpaired) electrons. The molecule has 2 heterocycles. The lowest BCUT2D eigenvalue weighted by atomic mass is 10.0. The topological polar surface area (TPSA) is 61.9 Å². The van der Waals surface area contributed by atoms with Crippen LogP contribution in [0.3, 0.4) is 0 Å². The van der Waals surface area contributed by atoms with Gasteiger partial charge in [-0.2, -0.15) is 0 Å². The van der Waals surface area contributed by atoms with Crippen molar-refractivity contribution in [1.82, 2.24) is 15.1 Å². The van der Waals surface area contributed by atoms with Crippen LogP contribution in [0.1, 0.15) is 26.7 Å². The zero-order valence-electron chi connectivity index (χ0n) is 12.9. The first kappa shape index (κ1) is 14.8. The van der Waals surface area contributed by atoms with Gasteiger partial charge in [-0.1, -0.05) is 6.92 Å². The monoisotopic (exact) mass is 295 g/mol. The molecule has 21 heavy (non-hydrogen) atoms. The minimum Gasteiger partial charge on any atom is -0.374 e. The third-order valence-corrected chi connectivity index (χ3v) is 4.86. The molecule has 0 aromatic carbocycles. The number of hydrogen-bond donors (Lipinski definition) is 1. The number of nitrogens with one attached hydrogen (secondary N) is 1. The van der Waals surface area contributed by atoms with Crippen molar-refractivity contribution in [3.63, 3.8) is 0 Å². The Morgan fingerprint density at radius 2 is 2.10 bits per heavy atom. The number of likely N-dealkylation sites (N-methyl/N-ethyl adjacent to an activating group) is 1. The van der Waals surface area contributed by atoms with Gasteiger partial charge in [0.1, 0.15) is 12.1 Å². The lowest BCUT2D eigenvalue weighted by Crippen LogP contribution is -2.65. The maximum absolute atomic E-state index is 12.6. The number of ether oxygens (including phenoxy) is 1. The van der Waals surface area contributed by atoms with E-state index in [1.807, 2.05) is 0 Å². The smallest absolute Gasteiger partial charge is 0.246 e. The number of nitrogens with zero attached hydrogens (tertiary/aromatic N) is 2. The molecular weight excluding hydrogens is 270 g/mol. The third-order valence-electron chi connectivity index (χ3n) is 4.86. The predicted molar refractivity (Wildman–Crippen MR) is 77.7 cm³/mol. The second-order valence-electron chi connectivity index (χ2n) is 6.38. The molecule has 0 bridgehead atoms. The fourth-order valence-electron chi connectivity index (χ4n) is 3.24. The van der Waals surface area contributed by atoms with Crippen LogP contribution in [0.15, 0.2) is 0 Å². The van der Waals surface area contributed by atoms with E-state index in [2.05, 4.69) is 17.1 Å². The Morgan fingerprint density at radius 3 is 2.76 bits per heavy atom. The van der Waals surface area contributed by atoms with Crippen molar-refractivity contribution in [3.05, 3.63) is 0 Å². The molecule has 3 fully saturated rings. The van der Waals surface area contributed by atoms with Gasteiger partial charge < -0.3 is 15.0 Å². The van der Waals surface area contributed by atoms with Crippen molar-refractivity contribution in [3.8, 4) is 0 Å². The number of morpholine rings is 1. The Hall–Kier alpha value is -1.14. The van der Waals surface area contributed by atoms with Crippen molar-refractivity contribution in [2.45, 2.75) is 44.9 Å². The van der Waals surface area contributed by atoms with Crippen LogP contribution in [0.5, 0.6) is 0 Å². The SMILES string of the molecule is CCN1CCOC(CN2C(=O)C(C3CC3)NC(=O)C2C)C1. The van der Waals surface area contributed by atoms with Crippen LogP contribution in [0, 0.1) is 5.92 Å². The van der Waals surface area contributed by atoms with Gasteiger partial charge in [0.15, 0.2) is 0 Å². The Labute approximate surface area is 125 Å². The third kappa shape index (κ3) is 3.06. The van der Waals surface area contributed by atoms with E-state index < -0.39 is 6.04 Å². The number of carbonyl (C=O) groups excluding carboxylic acids is 2. The number of piperazine rings is 1. The normalized spacial score (nSPS) is 35.0. The van der Waals surface area contributed by atoms with Crippen molar-refractivity contribution >= 4 is 11.8 Å². The maximum atomic E-state index is 12.6. The van der Waals surface area contributed by atoms with E-state index in [1.54, 1.807) is 11.8 Å². The second kappa shape index (κ2) is 5.93. The molecule has 0 aromatic rings. The van der Waals surface area contributed by atoms with E-state index in [0.29, 0.717) is 19.1 Å². The molecule has 3 atom stereocenters. The van der Waals surface area contributed by atoms with Crippen LogP contribution in [-0.4, -0.2) is 72.6 Å². The fraction of sp³-hybridized carbons (Fsp3) is 0.867. The molecule has 2 aliphatic heterocycles. The van der Waals surface area contributed by atoms with Crippen molar-refractivity contribution in [1.29, 1.82) is 0 Å². The summed E-state index contributed by atoms with van der Waals surface area (Å²) in [6.07, 6.45) is 2.10. The first-order valence-electron chi connectivity index (χ1n) is 8.05. The van der Waals surface area contributed by atoms with Gasteiger partial charge in [-0.3, -0.25) is 14.5 Å². The van der Waals surface area contributed by atoms with Gasteiger partial charge in [0, 0.05) is 19.6 Å². The molecule has 1 aliphatic carbocycles. The summed E-state index contributed by atoms with van der Waals surface area (Å²) in [4.78, 5) is 28.8. The average Bonchev–Trinajstić information content (AvgIpc) is 3.32. The van der Waals surface area contributed by atoms with Gasteiger partial charge >= 0.3 is 0 Å². The van der Waals surface area contributed by atoms with Gasteiger partial charge in [-0.25, -0.2) is 0 Å². The van der Waals surface area contributed by atoms with Gasteiger partial charge in [0.25, 0.3) is 0 Å². The van der Waals surface area contributed by atoms with Crippen LogP contribution in [-0.2, 0) is 14.3 Å². The lowest BCUT2D eigenvalue weighted by molar-refractivity contribution is -0.152. The first-order chi connectivity index (χ1) is 10.1. The molecule has 3 unspecified atom stereocenters. The maximum Gasteiger partial charge on any atom is 0.246 e. The highest BCUT2D eigenvalue weighted by Gasteiger charge is 2.46. The van der Waals surface area contributed by atoms with Crippen molar-refractivity contribution in [2.75, 3.05) is 32.8 Å². The molecule has 2 amide bonds. The zero-order chi connectivity index (χ0) is 15.0. The van der Waals surface area contributed by atoms with E-state index in [0.717, 1.165) is 32.5 Å². The summed E-state index contributed by atoms with van der Waals surface area (Å²) in [5, 5.41) is 2.88. The zero-order valence-corrected chi connectivity index (χ0v) is 12.9. The summed E-state index contributed by atoms with van der Waals surface area (Å²) >= 11 is 0. The van der Waals surface area contributed by atoms with Crippen molar-refractivity contribution < 1.29 is 14.3 Å². The van der Waals surface area contributed by atoms with E-state index in [-0.39, 0.29) is 24.0 Å². The minimum atomic E-state index is -0.395. The van der Waals surface area contributed by atoms with E-state index in [9.17, 15) is 9.59 Å². The predicted octanol–water partition coefficient (Wildman–Crippen LogP) is -0.167. The summed E-state index contributed by atoms with van der Waals surface area (Å²) < 4.78 is 5.79. The van der Waals surface area contributed by atoms with Gasteiger partial charge in [-0.15, -0.1) is 0 Å². The van der Waals surface area contributed by atoms with E-state index >= 15 is 0 Å². The molecule has 3 rings (SSSR count). The average molecular weight is 295 g/mol. The molecule has 2 saturated heterocycles. The number of hydrogen-bond acceptors (Lipinski definition) is 4. The highest BCUT2D eigenvalue weighted by molar-refractivity contribution is 5.97. The minimum absolute atomic E-state index is 0.0100. The number of rotatable bonds is 4. The summed E-state index contributed by atoms with van der Waals surface area (Å²) in [5.74, 6) is 0.382. The van der Waals surface area contributed by atoms with E-state index in [4.69, 9.17) is 4.74 Å². The Bertz CT molecular complexity index is 424. The second-order valence-corrected chi connectivity index (χ2v) is 6.38. The molecule has 1 saturated carbocycles. The van der Waals surface area contributed by atoms with Crippen molar-refractivity contribution in [2.24, 2.45) is 5.92 Å². The molecular formula is C15H25N3O3. The molecule has 118 valence electrons. The molecule has 3 aliphatic rings. The molecule has 0 aromatic heterocycles. The van der Waals surface area contributed by atoms with Gasteiger partial charge in [0.05, 0.1) is 12.7 Å². The van der Waals surface area contributed by atoms with Gasteiger partial charge in [0.2, 0.25) is 11.8 Å². The molecule has 6 nitrogen and oxygen atoms in total. The Morgan fingerprint density at radius 1 is 1.33 bits per heavy atom. The largest absolute Gasteiger partial charge is 0.374 e.